The lowest BCUT2D eigenvalue weighted by Gasteiger charge is -2.25. The second-order valence-corrected chi connectivity index (χ2v) is 11.3. The molecule has 2 unspecified atom stereocenters. The van der Waals surface area contributed by atoms with Gasteiger partial charge >= 0.3 is 19.4 Å². The van der Waals surface area contributed by atoms with Crippen LogP contribution in [0.4, 0.5) is 0 Å². The molecule has 2 heterocycles. The summed E-state index contributed by atoms with van der Waals surface area (Å²) < 4.78 is 37.8. The van der Waals surface area contributed by atoms with Crippen molar-refractivity contribution in [2.75, 3.05) is 6.61 Å². The minimum absolute atomic E-state index is 0.0262. The number of H-pyrrole nitrogens is 1. The van der Waals surface area contributed by atoms with Crippen molar-refractivity contribution in [2.45, 2.75) is 64.7 Å². The molecular formula is C26H32N3O9P. The summed E-state index contributed by atoms with van der Waals surface area (Å²) in [5.74, 6) is -0.394. The molecule has 1 aromatic heterocycles. The summed E-state index contributed by atoms with van der Waals surface area (Å²) >= 11 is 0. The van der Waals surface area contributed by atoms with Crippen LogP contribution in [0.1, 0.15) is 39.0 Å². The molecule has 1 aliphatic rings. The van der Waals surface area contributed by atoms with Crippen LogP contribution in [0.25, 0.3) is 10.8 Å². The molecule has 0 saturated carbocycles. The quantitative estimate of drug-likeness (QED) is 0.248. The van der Waals surface area contributed by atoms with Gasteiger partial charge in [0.1, 0.15) is 24.1 Å². The van der Waals surface area contributed by atoms with E-state index in [1.165, 1.54) is 17.7 Å². The Kier molecular flexibility index (Phi) is 8.73. The zero-order valence-electron chi connectivity index (χ0n) is 22.0. The predicted octanol–water partition coefficient (Wildman–Crippen LogP) is 2.78. The Morgan fingerprint density at radius 3 is 2.67 bits per heavy atom. The van der Waals surface area contributed by atoms with Gasteiger partial charge in [-0.05, 0) is 39.1 Å². The minimum atomic E-state index is -4.25. The summed E-state index contributed by atoms with van der Waals surface area (Å²) in [4.78, 5) is 38.6. The molecule has 12 nitrogen and oxygen atoms in total. The van der Waals surface area contributed by atoms with Crippen molar-refractivity contribution in [3.63, 3.8) is 0 Å². The number of aliphatic hydroxyl groups excluding tert-OH is 1. The number of nitrogens with one attached hydrogen (secondary N) is 2. The molecule has 210 valence electrons. The van der Waals surface area contributed by atoms with Gasteiger partial charge < -0.3 is 19.1 Å². The zero-order valence-corrected chi connectivity index (χ0v) is 22.9. The van der Waals surface area contributed by atoms with E-state index in [0.29, 0.717) is 10.9 Å². The average molecular weight is 562 g/mol. The number of benzene rings is 2. The Hall–Kier alpha value is -3.28. The number of fused-ring (bicyclic) bond motifs is 1. The van der Waals surface area contributed by atoms with Gasteiger partial charge in [0, 0.05) is 23.6 Å². The highest BCUT2D eigenvalue weighted by molar-refractivity contribution is 7.52. The molecule has 3 N–H and O–H groups in total. The van der Waals surface area contributed by atoms with Crippen LogP contribution in [-0.2, 0) is 23.4 Å². The summed E-state index contributed by atoms with van der Waals surface area (Å²) in [7, 11) is -4.25. The van der Waals surface area contributed by atoms with E-state index in [0.717, 1.165) is 5.39 Å². The summed E-state index contributed by atoms with van der Waals surface area (Å²) in [6, 6.07) is 11.5. The first kappa shape index (κ1) is 28.7. The fourth-order valence-electron chi connectivity index (χ4n) is 4.13. The number of aliphatic hydroxyl groups is 1. The van der Waals surface area contributed by atoms with Gasteiger partial charge in [0.05, 0.1) is 18.8 Å². The van der Waals surface area contributed by atoms with Crippen molar-refractivity contribution < 1.29 is 33.0 Å². The van der Waals surface area contributed by atoms with Crippen LogP contribution in [0.5, 0.6) is 5.75 Å². The zero-order chi connectivity index (χ0) is 28.3. The topological polar surface area (TPSA) is 158 Å². The smallest absolute Gasteiger partial charge is 0.459 e. The maximum Gasteiger partial charge on any atom is 0.459 e. The van der Waals surface area contributed by atoms with E-state index in [9.17, 15) is 24.1 Å². The normalized spacial score (nSPS) is 21.5. The first-order chi connectivity index (χ1) is 18.5. The van der Waals surface area contributed by atoms with Crippen molar-refractivity contribution in [3.8, 4) is 5.75 Å². The monoisotopic (exact) mass is 561 g/mol. The molecule has 1 aliphatic heterocycles. The Morgan fingerprint density at radius 2 is 1.92 bits per heavy atom. The third kappa shape index (κ3) is 6.84. The molecule has 0 radical (unpaired) electrons. The molecule has 3 aromatic rings. The maximum atomic E-state index is 14.0. The highest BCUT2D eigenvalue weighted by atomic mass is 31.2. The molecule has 39 heavy (non-hydrogen) atoms. The minimum Gasteiger partial charge on any atom is -0.462 e. The predicted molar refractivity (Wildman–Crippen MR) is 143 cm³/mol. The van der Waals surface area contributed by atoms with E-state index in [1.807, 2.05) is 18.2 Å². The number of rotatable bonds is 10. The van der Waals surface area contributed by atoms with Crippen molar-refractivity contribution >= 4 is 24.5 Å². The Balaban J connectivity index is 1.55. The fourth-order valence-corrected chi connectivity index (χ4v) is 5.65. The number of nitrogens with zero attached hydrogens (tertiary/aromatic N) is 1. The lowest BCUT2D eigenvalue weighted by molar-refractivity contribution is -0.149. The number of hydrogen-bond acceptors (Lipinski definition) is 9. The number of aromatic amines is 1. The maximum absolute atomic E-state index is 14.0. The lowest BCUT2D eigenvalue weighted by atomic mass is 10.1. The van der Waals surface area contributed by atoms with Gasteiger partial charge in [-0.25, -0.2) is 9.36 Å². The molecule has 2 aromatic carbocycles. The van der Waals surface area contributed by atoms with Crippen LogP contribution < -0.4 is 20.9 Å². The summed E-state index contributed by atoms with van der Waals surface area (Å²) in [6.45, 7) is 6.00. The SMILES string of the molecule is Cc1cn([C@H]2CC(O)[C@@H](COP(=O)(N[C@@H](C)C(=O)OC(C)C)Oc3cccc4ccccc34)O2)c(=O)[nH]c1=O. The highest BCUT2D eigenvalue weighted by Crippen LogP contribution is 2.47. The molecule has 0 aliphatic carbocycles. The Bertz CT molecular complexity index is 1500. The van der Waals surface area contributed by atoms with E-state index >= 15 is 0 Å². The summed E-state index contributed by atoms with van der Waals surface area (Å²) in [6.07, 6.45) is -1.97. The van der Waals surface area contributed by atoms with E-state index in [1.54, 1.807) is 45.0 Å². The first-order valence-electron chi connectivity index (χ1n) is 12.5. The van der Waals surface area contributed by atoms with E-state index in [2.05, 4.69) is 10.1 Å². The number of carbonyl (C=O) groups excluding carboxylic acids is 1. The Labute approximate surface area is 224 Å². The van der Waals surface area contributed by atoms with Crippen LogP contribution >= 0.6 is 7.75 Å². The van der Waals surface area contributed by atoms with Crippen LogP contribution in [0.3, 0.4) is 0 Å². The molecule has 5 atom stereocenters. The summed E-state index contributed by atoms with van der Waals surface area (Å²) in [5.41, 5.74) is -0.905. The van der Waals surface area contributed by atoms with Gasteiger partial charge in [0.25, 0.3) is 5.56 Å². The van der Waals surface area contributed by atoms with Crippen LogP contribution in [-0.4, -0.2) is 51.6 Å². The first-order valence-corrected chi connectivity index (χ1v) is 14.1. The van der Waals surface area contributed by atoms with E-state index < -0.39 is 56.0 Å². The van der Waals surface area contributed by atoms with Gasteiger partial charge in [0.15, 0.2) is 0 Å². The number of carbonyl (C=O) groups is 1. The molecule has 0 amide bonds. The van der Waals surface area contributed by atoms with Crippen molar-refractivity contribution in [3.05, 3.63) is 75.1 Å². The number of hydrogen-bond donors (Lipinski definition) is 3. The number of aryl methyl sites for hydroxylation is 1. The van der Waals surface area contributed by atoms with Crippen LogP contribution in [0.15, 0.2) is 58.3 Å². The van der Waals surface area contributed by atoms with Gasteiger partial charge in [-0.1, -0.05) is 36.4 Å². The third-order valence-corrected chi connectivity index (χ3v) is 7.72. The number of aromatic nitrogens is 2. The molecule has 0 bridgehead atoms. The highest BCUT2D eigenvalue weighted by Gasteiger charge is 2.39. The van der Waals surface area contributed by atoms with Gasteiger partial charge in [-0.3, -0.25) is 23.7 Å². The average Bonchev–Trinajstić information content (AvgIpc) is 3.25. The lowest BCUT2D eigenvalue weighted by Crippen LogP contribution is -2.37. The largest absolute Gasteiger partial charge is 0.462 e. The molecular weight excluding hydrogens is 529 g/mol. The molecule has 0 spiro atoms. The Morgan fingerprint density at radius 1 is 1.21 bits per heavy atom. The molecule has 1 saturated heterocycles. The van der Waals surface area contributed by atoms with Gasteiger partial charge in [-0.15, -0.1) is 0 Å². The van der Waals surface area contributed by atoms with Gasteiger partial charge in [-0.2, -0.15) is 5.09 Å². The standard InChI is InChI=1S/C26H32N3O9P/c1-15(2)36-25(32)17(4)28-39(34,38-21-11-7-9-18-8-5-6-10-19(18)21)35-14-22-20(30)12-23(37-22)29-13-16(3)24(31)27-26(29)33/h5-11,13,15,17,20,22-23,30H,12,14H2,1-4H3,(H,28,34)(H,27,31,33)/t17-,20?,22+,23+,39?/m0/s1. The number of esters is 1. The second-order valence-electron chi connectivity index (χ2n) is 9.61. The van der Waals surface area contributed by atoms with Crippen LogP contribution in [0, 0.1) is 6.92 Å². The van der Waals surface area contributed by atoms with E-state index in [4.69, 9.17) is 18.5 Å². The van der Waals surface area contributed by atoms with Crippen molar-refractivity contribution in [2.24, 2.45) is 0 Å². The fraction of sp³-hybridized carbons (Fsp3) is 0.423. The second kappa shape index (κ2) is 11.8. The van der Waals surface area contributed by atoms with Crippen molar-refractivity contribution in [1.82, 2.24) is 14.6 Å². The number of ether oxygens (including phenoxy) is 2. The van der Waals surface area contributed by atoms with E-state index in [-0.39, 0.29) is 18.3 Å². The third-order valence-electron chi connectivity index (χ3n) is 6.09. The van der Waals surface area contributed by atoms with Crippen molar-refractivity contribution in [1.29, 1.82) is 0 Å². The van der Waals surface area contributed by atoms with Gasteiger partial charge in [0.2, 0.25) is 0 Å². The van der Waals surface area contributed by atoms with Crippen LogP contribution in [0.2, 0.25) is 0 Å². The summed E-state index contributed by atoms with van der Waals surface area (Å²) in [5, 5.41) is 14.8. The molecule has 4 rings (SSSR count). The molecule has 13 heteroatoms. The molecule has 1 fully saturated rings.